The van der Waals surface area contributed by atoms with Gasteiger partial charge in [0.2, 0.25) is 5.91 Å². The molecule has 0 aromatic carbocycles. The molecule has 1 atom stereocenters. The van der Waals surface area contributed by atoms with E-state index >= 15 is 0 Å². The summed E-state index contributed by atoms with van der Waals surface area (Å²) in [6.07, 6.45) is 4.55. The number of nitrogens with zero attached hydrogens (tertiary/aromatic N) is 1. The van der Waals surface area contributed by atoms with Gasteiger partial charge in [-0.3, -0.25) is 9.69 Å². The molecule has 0 radical (unpaired) electrons. The van der Waals surface area contributed by atoms with E-state index in [0.29, 0.717) is 12.0 Å². The van der Waals surface area contributed by atoms with Crippen LogP contribution >= 0.6 is 11.3 Å². The molecule has 1 fully saturated rings. The fourth-order valence-electron chi connectivity index (χ4n) is 2.84. The second-order valence-electron chi connectivity index (χ2n) is 5.81. The Bertz CT molecular complexity index is 453. The van der Waals surface area contributed by atoms with Gasteiger partial charge in [0.25, 0.3) is 0 Å². The van der Waals surface area contributed by atoms with Crippen molar-refractivity contribution in [3.63, 3.8) is 0 Å². The summed E-state index contributed by atoms with van der Waals surface area (Å²) >= 11 is 1.88. The van der Waals surface area contributed by atoms with E-state index in [2.05, 4.69) is 28.6 Å². The van der Waals surface area contributed by atoms with E-state index in [-0.39, 0.29) is 5.91 Å². The smallest absolute Gasteiger partial charge is 0.223 e. The van der Waals surface area contributed by atoms with E-state index in [0.717, 1.165) is 38.9 Å². The number of fused-ring (bicyclic) bond motifs is 1. The maximum Gasteiger partial charge on any atom is 0.223 e. The molecule has 1 N–H and O–H groups in total. The van der Waals surface area contributed by atoms with Crippen molar-refractivity contribution in [2.75, 3.05) is 13.1 Å². The fourth-order valence-corrected chi connectivity index (χ4v) is 3.73. The Morgan fingerprint density at radius 1 is 1.58 bits per heavy atom. The van der Waals surface area contributed by atoms with Gasteiger partial charge in [-0.15, -0.1) is 11.3 Å². The first kappa shape index (κ1) is 13.1. The molecule has 1 aliphatic heterocycles. The molecule has 0 spiro atoms. The van der Waals surface area contributed by atoms with Gasteiger partial charge in [-0.25, -0.2) is 0 Å². The van der Waals surface area contributed by atoms with Gasteiger partial charge in [0.15, 0.2) is 0 Å². The van der Waals surface area contributed by atoms with Crippen molar-refractivity contribution in [3.05, 3.63) is 21.9 Å². The molecule has 1 aromatic heterocycles. The van der Waals surface area contributed by atoms with Crippen LogP contribution in [0.15, 0.2) is 11.4 Å². The van der Waals surface area contributed by atoms with Gasteiger partial charge in [-0.1, -0.05) is 6.42 Å². The summed E-state index contributed by atoms with van der Waals surface area (Å²) in [5.74, 6) is 0.573. The lowest BCUT2D eigenvalue weighted by Gasteiger charge is -2.33. The number of carbonyl (C=O) groups is 1. The third-order valence-corrected chi connectivity index (χ3v) is 5.53. The van der Waals surface area contributed by atoms with Crippen molar-refractivity contribution in [2.45, 2.75) is 45.2 Å². The molecule has 3 rings (SSSR count). The van der Waals surface area contributed by atoms with Crippen LogP contribution in [0.5, 0.6) is 0 Å². The van der Waals surface area contributed by atoms with E-state index in [4.69, 9.17) is 0 Å². The first-order valence-electron chi connectivity index (χ1n) is 7.31. The summed E-state index contributed by atoms with van der Waals surface area (Å²) in [4.78, 5) is 15.9. The number of amides is 1. The third kappa shape index (κ3) is 2.84. The summed E-state index contributed by atoms with van der Waals surface area (Å²) in [6.45, 7) is 5.17. The number of nitrogens with one attached hydrogen (secondary N) is 1. The molecule has 2 aliphatic rings. The van der Waals surface area contributed by atoms with Gasteiger partial charge in [0, 0.05) is 36.5 Å². The predicted octanol–water partition coefficient (Wildman–Crippen LogP) is 2.41. The Morgan fingerprint density at radius 2 is 2.42 bits per heavy atom. The van der Waals surface area contributed by atoms with Crippen LogP contribution in [-0.2, 0) is 17.8 Å². The quantitative estimate of drug-likeness (QED) is 0.917. The normalized spacial score (nSPS) is 21.5. The summed E-state index contributed by atoms with van der Waals surface area (Å²) in [7, 11) is 0. The van der Waals surface area contributed by atoms with Crippen LogP contribution in [0.25, 0.3) is 0 Å². The first-order chi connectivity index (χ1) is 9.24. The Kier molecular flexibility index (Phi) is 3.89. The lowest BCUT2D eigenvalue weighted by Crippen LogP contribution is -2.46. The average Bonchev–Trinajstić information content (AvgIpc) is 2.80. The zero-order valence-corrected chi connectivity index (χ0v) is 12.3. The van der Waals surface area contributed by atoms with Crippen LogP contribution in [0.2, 0.25) is 0 Å². The lowest BCUT2D eigenvalue weighted by atomic mass is 9.85. The lowest BCUT2D eigenvalue weighted by molar-refractivity contribution is -0.127. The maximum atomic E-state index is 11.8. The summed E-state index contributed by atoms with van der Waals surface area (Å²) in [5, 5.41) is 5.31. The molecule has 1 saturated carbocycles. The fraction of sp³-hybridized carbons (Fsp3) is 0.667. The zero-order chi connectivity index (χ0) is 13.2. The van der Waals surface area contributed by atoms with Gasteiger partial charge in [-0.05, 0) is 43.2 Å². The summed E-state index contributed by atoms with van der Waals surface area (Å²) < 4.78 is 0. The predicted molar refractivity (Wildman–Crippen MR) is 78.2 cm³/mol. The minimum absolute atomic E-state index is 0.270. The number of hydrogen-bond acceptors (Lipinski definition) is 3. The number of carbonyl (C=O) groups excluding carboxylic acids is 1. The van der Waals surface area contributed by atoms with Crippen molar-refractivity contribution in [1.29, 1.82) is 0 Å². The maximum absolute atomic E-state index is 11.8. The highest BCUT2D eigenvalue weighted by molar-refractivity contribution is 7.10. The second-order valence-corrected chi connectivity index (χ2v) is 6.81. The van der Waals surface area contributed by atoms with Crippen LogP contribution < -0.4 is 5.32 Å². The Morgan fingerprint density at radius 3 is 3.16 bits per heavy atom. The summed E-state index contributed by atoms with van der Waals surface area (Å²) in [5.41, 5.74) is 1.48. The highest BCUT2D eigenvalue weighted by Gasteiger charge is 2.26. The minimum atomic E-state index is 0.270. The van der Waals surface area contributed by atoms with E-state index in [1.165, 1.54) is 12.0 Å². The molecular weight excluding hydrogens is 256 g/mol. The van der Waals surface area contributed by atoms with E-state index in [1.807, 2.05) is 11.3 Å². The van der Waals surface area contributed by atoms with Gasteiger partial charge < -0.3 is 5.32 Å². The van der Waals surface area contributed by atoms with Gasteiger partial charge >= 0.3 is 0 Å². The monoisotopic (exact) mass is 278 g/mol. The minimum Gasteiger partial charge on any atom is -0.354 e. The van der Waals surface area contributed by atoms with E-state index < -0.39 is 0 Å². The van der Waals surface area contributed by atoms with Crippen LogP contribution in [0.3, 0.4) is 0 Å². The molecule has 2 heterocycles. The first-order valence-corrected chi connectivity index (χ1v) is 8.19. The molecule has 0 bridgehead atoms. The second kappa shape index (κ2) is 5.63. The Hall–Kier alpha value is -0.870. The molecule has 19 heavy (non-hydrogen) atoms. The van der Waals surface area contributed by atoms with Crippen LogP contribution in [-0.4, -0.2) is 29.9 Å². The SMILES string of the molecule is C[C@@H](CNC(=O)C1CCC1)N1CCc2sccc2C1. The van der Waals surface area contributed by atoms with Crippen LogP contribution in [0.1, 0.15) is 36.6 Å². The number of hydrogen-bond donors (Lipinski definition) is 1. The van der Waals surface area contributed by atoms with E-state index in [9.17, 15) is 4.79 Å². The summed E-state index contributed by atoms with van der Waals surface area (Å²) in [6, 6.07) is 2.67. The molecule has 0 unspecified atom stereocenters. The molecular formula is C15H22N2OS. The van der Waals surface area contributed by atoms with Crippen LogP contribution in [0, 0.1) is 5.92 Å². The molecule has 4 heteroatoms. The van der Waals surface area contributed by atoms with Crippen molar-refractivity contribution < 1.29 is 4.79 Å². The number of rotatable bonds is 4. The Labute approximate surface area is 119 Å². The highest BCUT2D eigenvalue weighted by Crippen LogP contribution is 2.27. The molecule has 1 aliphatic carbocycles. The van der Waals surface area contributed by atoms with Crippen LogP contribution in [0.4, 0.5) is 0 Å². The van der Waals surface area contributed by atoms with E-state index in [1.54, 1.807) is 4.88 Å². The molecule has 0 saturated heterocycles. The van der Waals surface area contributed by atoms with Gasteiger partial charge in [0.1, 0.15) is 0 Å². The number of thiophene rings is 1. The standard InChI is InChI=1S/C15H22N2OS/c1-11(9-16-15(18)12-3-2-4-12)17-7-5-14-13(10-17)6-8-19-14/h6,8,11-12H,2-5,7,9-10H2,1H3,(H,16,18)/t11-/m0/s1. The molecule has 3 nitrogen and oxygen atoms in total. The average molecular weight is 278 g/mol. The van der Waals surface area contributed by atoms with Gasteiger partial charge in [0.05, 0.1) is 0 Å². The van der Waals surface area contributed by atoms with Crippen molar-refractivity contribution in [2.24, 2.45) is 5.92 Å². The van der Waals surface area contributed by atoms with Crippen molar-refractivity contribution in [3.8, 4) is 0 Å². The highest BCUT2D eigenvalue weighted by atomic mass is 32.1. The topological polar surface area (TPSA) is 32.3 Å². The zero-order valence-electron chi connectivity index (χ0n) is 11.5. The largest absolute Gasteiger partial charge is 0.354 e. The van der Waals surface area contributed by atoms with Crippen molar-refractivity contribution >= 4 is 17.2 Å². The molecule has 104 valence electrons. The molecule has 1 amide bonds. The van der Waals surface area contributed by atoms with Crippen molar-refractivity contribution in [1.82, 2.24) is 10.2 Å². The molecule has 1 aromatic rings. The Balaban J connectivity index is 1.48. The third-order valence-electron chi connectivity index (χ3n) is 4.51. The van der Waals surface area contributed by atoms with Gasteiger partial charge in [-0.2, -0.15) is 0 Å².